The first-order chi connectivity index (χ1) is 10.1. The third-order valence-corrected chi connectivity index (χ3v) is 3.50. The van der Waals surface area contributed by atoms with Gasteiger partial charge in [0.25, 0.3) is 11.7 Å². The number of fused-ring (bicyclic) bond motifs is 1. The van der Waals surface area contributed by atoms with Gasteiger partial charge in [-0.15, -0.1) is 0 Å². The number of hydrogen-bond acceptors (Lipinski definition) is 4. The lowest BCUT2D eigenvalue weighted by Crippen LogP contribution is -2.45. The highest BCUT2D eigenvalue weighted by Gasteiger charge is 2.29. The van der Waals surface area contributed by atoms with Crippen molar-refractivity contribution in [2.75, 3.05) is 13.1 Å². The summed E-state index contributed by atoms with van der Waals surface area (Å²) >= 11 is 0. The molecule has 0 spiro atoms. The van der Waals surface area contributed by atoms with Gasteiger partial charge in [-0.25, -0.2) is 0 Å². The molecule has 1 aliphatic heterocycles. The molecule has 1 aromatic carbocycles. The summed E-state index contributed by atoms with van der Waals surface area (Å²) in [5.41, 5.74) is 0.882. The predicted octanol–water partition coefficient (Wildman–Crippen LogP) is 1.51. The number of nitrogens with zero attached hydrogens (tertiary/aromatic N) is 1. The molecule has 0 unspecified atom stereocenters. The lowest BCUT2D eigenvalue weighted by molar-refractivity contribution is -0.132. The number of aromatic nitrogens is 1. The van der Waals surface area contributed by atoms with Gasteiger partial charge in [-0.2, -0.15) is 0 Å². The quantitative estimate of drug-likeness (QED) is 0.401. The zero-order chi connectivity index (χ0) is 15.0. The standard InChI is InChI=1S/C15H14N2O4/c1-9(18)21-12-5-2-4-11-13(12)10(8-16-11)14(19)15(20)17-6-3-7-17/h2,4-5,8,16H,3,6-7H2,1H3. The lowest BCUT2D eigenvalue weighted by atomic mass is 10.1. The van der Waals surface area contributed by atoms with Crippen molar-refractivity contribution < 1.29 is 19.1 Å². The van der Waals surface area contributed by atoms with E-state index >= 15 is 0 Å². The van der Waals surface area contributed by atoms with Crippen LogP contribution in [0.3, 0.4) is 0 Å². The fraction of sp³-hybridized carbons (Fsp3) is 0.267. The van der Waals surface area contributed by atoms with Gasteiger partial charge in [-0.3, -0.25) is 14.4 Å². The molecule has 1 fully saturated rings. The van der Waals surface area contributed by atoms with Crippen LogP contribution in [0.1, 0.15) is 23.7 Å². The molecule has 2 heterocycles. The van der Waals surface area contributed by atoms with E-state index in [9.17, 15) is 14.4 Å². The van der Waals surface area contributed by atoms with Crippen molar-refractivity contribution in [3.8, 4) is 5.75 Å². The Kier molecular flexibility index (Phi) is 3.21. The van der Waals surface area contributed by atoms with Crippen LogP contribution in [0.2, 0.25) is 0 Å². The first kappa shape index (κ1) is 13.4. The molecular weight excluding hydrogens is 272 g/mol. The number of ketones is 1. The SMILES string of the molecule is CC(=O)Oc1cccc2[nH]cc(C(=O)C(=O)N3CCC3)c12. The Morgan fingerprint density at radius 2 is 2.00 bits per heavy atom. The summed E-state index contributed by atoms with van der Waals surface area (Å²) in [6, 6.07) is 5.07. The topological polar surface area (TPSA) is 79.5 Å². The average Bonchev–Trinajstić information content (AvgIpc) is 2.80. The zero-order valence-electron chi connectivity index (χ0n) is 11.5. The van der Waals surface area contributed by atoms with Gasteiger partial charge in [0.05, 0.1) is 10.9 Å². The van der Waals surface area contributed by atoms with Crippen LogP contribution in [0.4, 0.5) is 0 Å². The highest BCUT2D eigenvalue weighted by molar-refractivity contribution is 6.45. The van der Waals surface area contributed by atoms with E-state index in [4.69, 9.17) is 4.74 Å². The fourth-order valence-electron chi connectivity index (χ4n) is 2.35. The molecule has 1 amide bonds. The number of rotatable bonds is 3. The van der Waals surface area contributed by atoms with E-state index in [0.717, 1.165) is 6.42 Å². The van der Waals surface area contributed by atoms with Crippen LogP contribution in [0, 0.1) is 0 Å². The van der Waals surface area contributed by atoms with E-state index in [0.29, 0.717) is 24.0 Å². The summed E-state index contributed by atoms with van der Waals surface area (Å²) in [6.07, 6.45) is 2.41. The van der Waals surface area contributed by atoms with Crippen LogP contribution in [-0.2, 0) is 9.59 Å². The summed E-state index contributed by atoms with van der Waals surface area (Å²) in [7, 11) is 0. The lowest BCUT2D eigenvalue weighted by Gasteiger charge is -2.29. The van der Waals surface area contributed by atoms with Crippen molar-refractivity contribution in [2.45, 2.75) is 13.3 Å². The van der Waals surface area contributed by atoms with Crippen LogP contribution < -0.4 is 4.74 Å². The smallest absolute Gasteiger partial charge is 0.308 e. The van der Waals surface area contributed by atoms with Gasteiger partial charge < -0.3 is 14.6 Å². The van der Waals surface area contributed by atoms with Gasteiger partial charge in [0, 0.05) is 31.7 Å². The number of amides is 1. The van der Waals surface area contributed by atoms with E-state index in [1.54, 1.807) is 18.2 Å². The van der Waals surface area contributed by atoms with E-state index in [2.05, 4.69) is 4.98 Å². The highest BCUT2D eigenvalue weighted by atomic mass is 16.5. The Hall–Kier alpha value is -2.63. The minimum absolute atomic E-state index is 0.235. The molecule has 6 nitrogen and oxygen atoms in total. The number of benzene rings is 1. The van der Waals surface area contributed by atoms with Crippen molar-refractivity contribution in [1.29, 1.82) is 0 Å². The van der Waals surface area contributed by atoms with Crippen LogP contribution in [0.25, 0.3) is 10.9 Å². The minimum Gasteiger partial charge on any atom is -0.426 e. The number of Topliss-reactive ketones (excluding diaryl/α,β-unsaturated/α-hetero) is 1. The van der Waals surface area contributed by atoms with Gasteiger partial charge >= 0.3 is 5.97 Å². The summed E-state index contributed by atoms with van der Waals surface area (Å²) in [4.78, 5) is 40.0. The van der Waals surface area contributed by atoms with Gasteiger partial charge in [-0.1, -0.05) is 6.07 Å². The highest BCUT2D eigenvalue weighted by Crippen LogP contribution is 2.29. The number of aromatic amines is 1. The van der Waals surface area contributed by atoms with Crippen molar-refractivity contribution in [3.05, 3.63) is 30.0 Å². The molecule has 0 bridgehead atoms. The molecule has 1 N–H and O–H groups in total. The van der Waals surface area contributed by atoms with Crippen molar-refractivity contribution in [3.63, 3.8) is 0 Å². The molecule has 1 saturated heterocycles. The summed E-state index contributed by atoms with van der Waals surface area (Å²) in [6.45, 7) is 2.52. The molecule has 6 heteroatoms. The molecule has 0 radical (unpaired) electrons. The third-order valence-electron chi connectivity index (χ3n) is 3.50. The molecule has 0 atom stereocenters. The second kappa shape index (κ2) is 5.05. The Morgan fingerprint density at radius 1 is 1.24 bits per heavy atom. The maximum atomic E-state index is 12.3. The first-order valence-electron chi connectivity index (χ1n) is 6.70. The molecule has 0 aliphatic carbocycles. The van der Waals surface area contributed by atoms with Gasteiger partial charge in [0.2, 0.25) is 0 Å². The van der Waals surface area contributed by atoms with Crippen molar-refractivity contribution >= 4 is 28.6 Å². The zero-order valence-corrected chi connectivity index (χ0v) is 11.5. The van der Waals surface area contributed by atoms with E-state index in [1.807, 2.05) is 0 Å². The van der Waals surface area contributed by atoms with E-state index < -0.39 is 17.7 Å². The molecule has 108 valence electrons. The maximum Gasteiger partial charge on any atom is 0.308 e. The molecule has 1 aliphatic rings. The number of esters is 1. The molecule has 3 rings (SSSR count). The largest absolute Gasteiger partial charge is 0.426 e. The van der Waals surface area contributed by atoms with Crippen molar-refractivity contribution in [1.82, 2.24) is 9.88 Å². The van der Waals surface area contributed by atoms with Crippen LogP contribution >= 0.6 is 0 Å². The van der Waals surface area contributed by atoms with E-state index in [-0.39, 0.29) is 11.3 Å². The summed E-state index contributed by atoms with van der Waals surface area (Å²) < 4.78 is 5.12. The Labute approximate surface area is 120 Å². The minimum atomic E-state index is -0.583. The monoisotopic (exact) mass is 286 g/mol. The first-order valence-corrected chi connectivity index (χ1v) is 6.70. The second-order valence-corrected chi connectivity index (χ2v) is 4.95. The molecule has 2 aromatic rings. The van der Waals surface area contributed by atoms with Crippen LogP contribution in [0.5, 0.6) is 5.75 Å². The predicted molar refractivity (Wildman–Crippen MR) is 75.1 cm³/mol. The number of nitrogens with one attached hydrogen (secondary N) is 1. The molecule has 21 heavy (non-hydrogen) atoms. The maximum absolute atomic E-state index is 12.3. The average molecular weight is 286 g/mol. The Morgan fingerprint density at radius 3 is 2.62 bits per heavy atom. The Balaban J connectivity index is 2.03. The number of ether oxygens (including phenoxy) is 1. The van der Waals surface area contributed by atoms with Crippen molar-refractivity contribution in [2.24, 2.45) is 0 Å². The van der Waals surface area contributed by atoms with Gasteiger partial charge in [-0.05, 0) is 18.6 Å². The third kappa shape index (κ3) is 2.29. The number of likely N-dealkylation sites (tertiary alicyclic amines) is 1. The number of H-pyrrole nitrogens is 1. The molecular formula is C15H14N2O4. The van der Waals surface area contributed by atoms with Gasteiger partial charge in [0.15, 0.2) is 0 Å². The van der Waals surface area contributed by atoms with Crippen LogP contribution in [-0.4, -0.2) is 40.6 Å². The molecule has 0 saturated carbocycles. The van der Waals surface area contributed by atoms with E-state index in [1.165, 1.54) is 18.0 Å². The molecule has 1 aromatic heterocycles. The Bertz CT molecular complexity index is 743. The van der Waals surface area contributed by atoms with Gasteiger partial charge in [0.1, 0.15) is 5.75 Å². The summed E-state index contributed by atoms with van der Waals surface area (Å²) in [5.74, 6) is -1.29. The summed E-state index contributed by atoms with van der Waals surface area (Å²) in [5, 5.41) is 0.464. The van der Waals surface area contributed by atoms with Crippen LogP contribution in [0.15, 0.2) is 24.4 Å². The normalized spacial score (nSPS) is 13.9. The number of carbonyl (C=O) groups excluding carboxylic acids is 3. The second-order valence-electron chi connectivity index (χ2n) is 4.95. The number of carbonyl (C=O) groups is 3. The number of hydrogen-bond donors (Lipinski definition) is 1. The fourth-order valence-corrected chi connectivity index (χ4v) is 2.35.